The van der Waals surface area contributed by atoms with Gasteiger partial charge in [0.25, 0.3) is 0 Å². The van der Waals surface area contributed by atoms with Crippen LogP contribution in [0.3, 0.4) is 0 Å². The molecule has 0 spiro atoms. The van der Waals surface area contributed by atoms with Gasteiger partial charge >= 0.3 is 0 Å². The van der Waals surface area contributed by atoms with Crippen molar-refractivity contribution in [3.05, 3.63) is 65.0 Å². The van der Waals surface area contributed by atoms with E-state index in [2.05, 4.69) is 42.2 Å². The van der Waals surface area contributed by atoms with Crippen LogP contribution < -0.4 is 5.73 Å². The van der Waals surface area contributed by atoms with Crippen molar-refractivity contribution in [1.82, 2.24) is 4.98 Å². The molecular weight excluding hydrogens is 244 g/mol. The van der Waals surface area contributed by atoms with Crippen molar-refractivity contribution in [2.45, 2.75) is 44.6 Å². The number of benzene rings is 1. The van der Waals surface area contributed by atoms with Crippen molar-refractivity contribution >= 4 is 0 Å². The van der Waals surface area contributed by atoms with Crippen molar-refractivity contribution in [1.29, 1.82) is 0 Å². The number of hydrogen-bond acceptors (Lipinski definition) is 2. The average Bonchev–Trinajstić information content (AvgIpc) is 2.45. The Bertz CT molecular complexity index is 570. The summed E-state index contributed by atoms with van der Waals surface area (Å²) in [6, 6.07) is 12.8. The fraction of sp³-hybridized carbons (Fsp3) is 0.389. The van der Waals surface area contributed by atoms with E-state index in [1.807, 2.05) is 12.3 Å². The van der Waals surface area contributed by atoms with E-state index < -0.39 is 0 Å². The third-order valence-electron chi connectivity index (χ3n) is 4.47. The molecule has 1 heterocycles. The van der Waals surface area contributed by atoms with Crippen LogP contribution in [0.25, 0.3) is 0 Å². The lowest BCUT2D eigenvalue weighted by Crippen LogP contribution is -2.16. The summed E-state index contributed by atoms with van der Waals surface area (Å²) in [5.41, 5.74) is 11.3. The fourth-order valence-electron chi connectivity index (χ4n) is 2.90. The normalized spacial score (nSPS) is 16.7. The molecule has 2 heteroatoms. The highest BCUT2D eigenvalue weighted by Crippen LogP contribution is 2.36. The van der Waals surface area contributed by atoms with Gasteiger partial charge in [-0.3, -0.25) is 4.98 Å². The van der Waals surface area contributed by atoms with E-state index >= 15 is 0 Å². The standard InChI is InChI=1S/C18H22N2/c1-2-13-7-4-12-20-18(13)17(19)16-10-8-15(9-11-16)14-5-3-6-14/h4,7-12,14,17H,2-3,5-6,19H2,1H3. The Morgan fingerprint density at radius 3 is 2.55 bits per heavy atom. The Kier molecular flexibility index (Phi) is 3.83. The first-order valence-electron chi connectivity index (χ1n) is 7.59. The Morgan fingerprint density at radius 2 is 1.95 bits per heavy atom. The van der Waals surface area contributed by atoms with Gasteiger partial charge in [-0.25, -0.2) is 0 Å². The fourth-order valence-corrected chi connectivity index (χ4v) is 2.90. The van der Waals surface area contributed by atoms with Crippen molar-refractivity contribution in [3.63, 3.8) is 0 Å². The molecule has 0 bridgehead atoms. The van der Waals surface area contributed by atoms with Crippen LogP contribution in [0.2, 0.25) is 0 Å². The zero-order valence-electron chi connectivity index (χ0n) is 12.0. The Labute approximate surface area is 121 Å². The van der Waals surface area contributed by atoms with Crippen LogP contribution in [-0.4, -0.2) is 4.98 Å². The van der Waals surface area contributed by atoms with Gasteiger partial charge < -0.3 is 5.73 Å². The molecule has 0 radical (unpaired) electrons. The zero-order chi connectivity index (χ0) is 13.9. The van der Waals surface area contributed by atoms with Crippen LogP contribution in [0.1, 0.15) is 60.5 Å². The average molecular weight is 266 g/mol. The maximum Gasteiger partial charge on any atom is 0.0729 e. The summed E-state index contributed by atoms with van der Waals surface area (Å²) in [7, 11) is 0. The summed E-state index contributed by atoms with van der Waals surface area (Å²) < 4.78 is 0. The zero-order valence-corrected chi connectivity index (χ0v) is 12.0. The molecular formula is C18H22N2. The number of pyridine rings is 1. The SMILES string of the molecule is CCc1cccnc1C(N)c1ccc(C2CCC2)cc1. The molecule has 104 valence electrons. The van der Waals surface area contributed by atoms with Crippen LogP contribution in [0.4, 0.5) is 0 Å². The Morgan fingerprint density at radius 1 is 1.20 bits per heavy atom. The molecule has 20 heavy (non-hydrogen) atoms. The number of rotatable bonds is 4. The quantitative estimate of drug-likeness (QED) is 0.909. The molecule has 1 saturated carbocycles. The van der Waals surface area contributed by atoms with Crippen LogP contribution in [0.5, 0.6) is 0 Å². The van der Waals surface area contributed by atoms with Gasteiger partial charge in [-0.15, -0.1) is 0 Å². The molecule has 2 aromatic rings. The minimum Gasteiger partial charge on any atom is -0.319 e. The van der Waals surface area contributed by atoms with Crippen LogP contribution in [0.15, 0.2) is 42.6 Å². The highest BCUT2D eigenvalue weighted by Gasteiger charge is 2.20. The molecule has 1 aromatic heterocycles. The molecule has 1 atom stereocenters. The summed E-state index contributed by atoms with van der Waals surface area (Å²) in [6.45, 7) is 2.15. The molecule has 1 fully saturated rings. The Balaban J connectivity index is 1.84. The summed E-state index contributed by atoms with van der Waals surface area (Å²) in [4.78, 5) is 4.49. The first-order chi connectivity index (χ1) is 9.79. The summed E-state index contributed by atoms with van der Waals surface area (Å²) >= 11 is 0. The molecule has 2 nitrogen and oxygen atoms in total. The van der Waals surface area contributed by atoms with E-state index in [1.165, 1.54) is 30.4 Å². The summed E-state index contributed by atoms with van der Waals surface area (Å²) in [6.07, 6.45) is 6.85. The number of nitrogens with two attached hydrogens (primary N) is 1. The first-order valence-corrected chi connectivity index (χ1v) is 7.59. The van der Waals surface area contributed by atoms with Crippen molar-refractivity contribution in [2.24, 2.45) is 5.73 Å². The Hall–Kier alpha value is -1.67. The predicted octanol–water partition coefficient (Wildman–Crippen LogP) is 3.96. The van der Waals surface area contributed by atoms with E-state index in [0.717, 1.165) is 23.6 Å². The smallest absolute Gasteiger partial charge is 0.0729 e. The second-order valence-electron chi connectivity index (χ2n) is 5.67. The van der Waals surface area contributed by atoms with Crippen LogP contribution in [0, 0.1) is 0 Å². The summed E-state index contributed by atoms with van der Waals surface area (Å²) in [5.74, 6) is 0.779. The van der Waals surface area contributed by atoms with Gasteiger partial charge in [-0.05, 0) is 47.9 Å². The maximum atomic E-state index is 6.40. The van der Waals surface area contributed by atoms with E-state index in [0.29, 0.717) is 0 Å². The van der Waals surface area contributed by atoms with E-state index in [-0.39, 0.29) is 6.04 Å². The van der Waals surface area contributed by atoms with Crippen LogP contribution >= 0.6 is 0 Å². The lowest BCUT2D eigenvalue weighted by atomic mass is 9.80. The molecule has 0 aliphatic heterocycles. The van der Waals surface area contributed by atoms with Gasteiger partial charge in [-0.2, -0.15) is 0 Å². The van der Waals surface area contributed by atoms with Gasteiger partial charge in [0, 0.05) is 6.20 Å². The van der Waals surface area contributed by atoms with E-state index in [9.17, 15) is 0 Å². The second kappa shape index (κ2) is 5.76. The molecule has 0 saturated heterocycles. The summed E-state index contributed by atoms with van der Waals surface area (Å²) in [5, 5.41) is 0. The van der Waals surface area contributed by atoms with Gasteiger partial charge in [0.05, 0.1) is 11.7 Å². The van der Waals surface area contributed by atoms with Gasteiger partial charge in [0.15, 0.2) is 0 Å². The molecule has 1 unspecified atom stereocenters. The molecule has 3 rings (SSSR count). The van der Waals surface area contributed by atoms with E-state index in [1.54, 1.807) is 0 Å². The molecule has 0 amide bonds. The molecule has 2 N–H and O–H groups in total. The molecule has 1 aromatic carbocycles. The largest absolute Gasteiger partial charge is 0.319 e. The number of nitrogens with zero attached hydrogens (tertiary/aromatic N) is 1. The van der Waals surface area contributed by atoms with Gasteiger partial charge in [0.1, 0.15) is 0 Å². The molecule has 1 aliphatic rings. The predicted molar refractivity (Wildman–Crippen MR) is 82.7 cm³/mol. The third kappa shape index (κ3) is 2.48. The third-order valence-corrected chi connectivity index (χ3v) is 4.47. The van der Waals surface area contributed by atoms with Crippen molar-refractivity contribution in [3.8, 4) is 0 Å². The van der Waals surface area contributed by atoms with Crippen LogP contribution in [-0.2, 0) is 6.42 Å². The highest BCUT2D eigenvalue weighted by molar-refractivity contribution is 5.35. The second-order valence-corrected chi connectivity index (χ2v) is 5.67. The topological polar surface area (TPSA) is 38.9 Å². The van der Waals surface area contributed by atoms with Crippen molar-refractivity contribution in [2.75, 3.05) is 0 Å². The molecule has 1 aliphatic carbocycles. The number of aromatic nitrogens is 1. The number of hydrogen-bond donors (Lipinski definition) is 1. The minimum atomic E-state index is -0.124. The monoisotopic (exact) mass is 266 g/mol. The van der Waals surface area contributed by atoms with E-state index in [4.69, 9.17) is 5.73 Å². The van der Waals surface area contributed by atoms with Gasteiger partial charge in [0.2, 0.25) is 0 Å². The van der Waals surface area contributed by atoms with Crippen molar-refractivity contribution < 1.29 is 0 Å². The lowest BCUT2D eigenvalue weighted by Gasteiger charge is -2.26. The number of aryl methyl sites for hydroxylation is 1. The van der Waals surface area contributed by atoms with Gasteiger partial charge in [-0.1, -0.05) is 43.7 Å². The first kappa shape index (κ1) is 13.3. The lowest BCUT2D eigenvalue weighted by molar-refractivity contribution is 0.419. The maximum absolute atomic E-state index is 6.40. The highest BCUT2D eigenvalue weighted by atomic mass is 14.8. The minimum absolute atomic E-state index is 0.124.